The van der Waals surface area contributed by atoms with Gasteiger partial charge in [-0.05, 0) is 25.0 Å². The van der Waals surface area contributed by atoms with E-state index >= 15 is 0 Å². The van der Waals surface area contributed by atoms with E-state index < -0.39 is 0 Å². The maximum Gasteiger partial charge on any atom is 0.272 e. The van der Waals surface area contributed by atoms with Gasteiger partial charge in [-0.2, -0.15) is 20.2 Å². The van der Waals surface area contributed by atoms with Crippen molar-refractivity contribution in [2.45, 2.75) is 26.9 Å². The van der Waals surface area contributed by atoms with Crippen LogP contribution in [0.1, 0.15) is 22.3 Å². The van der Waals surface area contributed by atoms with Crippen LogP contribution in [0.3, 0.4) is 0 Å². The first-order valence-corrected chi connectivity index (χ1v) is 8.59. The lowest BCUT2D eigenvalue weighted by molar-refractivity contribution is 0.911. The van der Waals surface area contributed by atoms with Crippen LogP contribution < -0.4 is 5.73 Å². The maximum absolute atomic E-state index is 5.81. The second kappa shape index (κ2) is 8.75. The molecule has 0 aliphatic rings. The fraction of sp³-hybridized carbons (Fsp3) is 0.200. The number of anilines is 1. The number of nitrogens with two attached hydrogens (primary N) is 1. The van der Waals surface area contributed by atoms with Crippen LogP contribution in [0.25, 0.3) is 0 Å². The molecule has 0 atom stereocenters. The molecule has 7 nitrogen and oxygen atoms in total. The number of aryl methyl sites for hydroxylation is 2. The summed E-state index contributed by atoms with van der Waals surface area (Å²) < 4.78 is 0. The van der Waals surface area contributed by atoms with Crippen molar-refractivity contribution < 1.29 is 0 Å². The molecule has 2 N–H and O–H groups in total. The van der Waals surface area contributed by atoms with E-state index in [9.17, 15) is 0 Å². The second-order valence-corrected chi connectivity index (χ2v) is 6.23. The predicted octanol–water partition coefficient (Wildman–Crippen LogP) is 5.24. The van der Waals surface area contributed by atoms with Crippen molar-refractivity contribution >= 4 is 17.6 Å². The van der Waals surface area contributed by atoms with Crippen molar-refractivity contribution in [2.75, 3.05) is 5.73 Å². The minimum absolute atomic E-state index is 0.173. The van der Waals surface area contributed by atoms with Crippen molar-refractivity contribution in [3.8, 4) is 0 Å². The van der Waals surface area contributed by atoms with Crippen LogP contribution in [0.5, 0.6) is 0 Å². The Hall–Kier alpha value is -3.48. The molecule has 0 unspecified atom stereocenters. The highest BCUT2D eigenvalue weighted by Crippen LogP contribution is 2.18. The Morgan fingerprint density at radius 1 is 0.778 bits per heavy atom. The standard InChI is InChI=1S/C20H21N7/c1-14-5-3-7-16(9-14)12-22-26-19-11-18(21)24-20(25-19)27-23-13-17-8-4-6-15(2)10-17/h3-11H,12-13H2,1-2H3,(H2,21,24,25). The van der Waals surface area contributed by atoms with Crippen molar-refractivity contribution in [1.82, 2.24) is 9.97 Å². The molecule has 0 aliphatic carbocycles. The van der Waals surface area contributed by atoms with Gasteiger partial charge >= 0.3 is 0 Å². The van der Waals surface area contributed by atoms with E-state index in [2.05, 4.69) is 42.6 Å². The Kier molecular flexibility index (Phi) is 5.94. The van der Waals surface area contributed by atoms with Crippen molar-refractivity contribution in [2.24, 2.45) is 20.5 Å². The molecule has 0 bridgehead atoms. The van der Waals surface area contributed by atoms with Crippen LogP contribution in [-0.4, -0.2) is 9.97 Å². The third-order valence-electron chi connectivity index (χ3n) is 3.73. The summed E-state index contributed by atoms with van der Waals surface area (Å²) in [6, 6.07) is 17.7. The van der Waals surface area contributed by atoms with Crippen molar-refractivity contribution in [3.63, 3.8) is 0 Å². The Balaban J connectivity index is 1.66. The van der Waals surface area contributed by atoms with E-state index in [1.54, 1.807) is 6.07 Å². The molecule has 0 saturated heterocycles. The summed E-state index contributed by atoms with van der Waals surface area (Å²) in [6.45, 7) is 5.00. The molecule has 0 fully saturated rings. The van der Waals surface area contributed by atoms with Crippen molar-refractivity contribution in [3.05, 3.63) is 76.9 Å². The first-order valence-electron chi connectivity index (χ1n) is 8.59. The van der Waals surface area contributed by atoms with E-state index in [1.807, 2.05) is 50.2 Å². The molecule has 1 aromatic heterocycles. The number of nitrogens with zero attached hydrogens (tertiary/aromatic N) is 6. The number of hydrogen-bond acceptors (Lipinski definition) is 7. The summed E-state index contributed by atoms with van der Waals surface area (Å²) in [5.74, 6) is 0.811. The molecule has 136 valence electrons. The number of benzene rings is 2. The van der Waals surface area contributed by atoms with Gasteiger partial charge in [0.05, 0.1) is 13.1 Å². The average molecular weight is 359 g/mol. The molecule has 1 heterocycles. The van der Waals surface area contributed by atoms with Gasteiger partial charge < -0.3 is 5.73 Å². The van der Waals surface area contributed by atoms with Crippen LogP contribution in [0.15, 0.2) is 75.1 Å². The van der Waals surface area contributed by atoms with E-state index in [-0.39, 0.29) is 11.8 Å². The molecule has 7 heteroatoms. The molecular formula is C20H21N7. The van der Waals surface area contributed by atoms with E-state index in [0.717, 1.165) is 11.1 Å². The Morgan fingerprint density at radius 2 is 1.37 bits per heavy atom. The highest BCUT2D eigenvalue weighted by Gasteiger charge is 2.01. The molecule has 3 rings (SSSR count). The van der Waals surface area contributed by atoms with Crippen LogP contribution >= 0.6 is 0 Å². The first kappa shape index (κ1) is 18.3. The van der Waals surface area contributed by atoms with Gasteiger partial charge in [0.1, 0.15) is 5.82 Å². The summed E-state index contributed by atoms with van der Waals surface area (Å²) in [6.07, 6.45) is 0. The normalized spacial score (nSPS) is 11.5. The molecule has 0 radical (unpaired) electrons. The zero-order chi connectivity index (χ0) is 19.1. The summed E-state index contributed by atoms with van der Waals surface area (Å²) >= 11 is 0. The Morgan fingerprint density at radius 3 is 1.96 bits per heavy atom. The van der Waals surface area contributed by atoms with E-state index in [4.69, 9.17) is 5.73 Å². The third kappa shape index (κ3) is 5.78. The zero-order valence-electron chi connectivity index (χ0n) is 15.4. The number of nitrogen functional groups attached to an aromatic ring is 1. The SMILES string of the molecule is Cc1cccc(CN=Nc2cc(N)nc(N=NCc3cccc(C)c3)n2)c1. The minimum atomic E-state index is 0.173. The number of hydrogen-bond donors (Lipinski definition) is 1. The lowest BCUT2D eigenvalue weighted by Crippen LogP contribution is -1.91. The van der Waals surface area contributed by atoms with E-state index in [1.165, 1.54) is 11.1 Å². The number of rotatable bonds is 6. The highest BCUT2D eigenvalue weighted by molar-refractivity contribution is 5.44. The van der Waals surface area contributed by atoms with Gasteiger partial charge in [-0.25, -0.2) is 0 Å². The highest BCUT2D eigenvalue weighted by atomic mass is 15.2. The lowest BCUT2D eigenvalue weighted by Gasteiger charge is -1.99. The van der Waals surface area contributed by atoms with E-state index in [0.29, 0.717) is 18.9 Å². The van der Waals surface area contributed by atoms with Gasteiger partial charge in [-0.1, -0.05) is 59.7 Å². The van der Waals surface area contributed by atoms with Gasteiger partial charge in [0, 0.05) is 6.07 Å². The van der Waals surface area contributed by atoms with Gasteiger partial charge in [-0.15, -0.1) is 10.2 Å². The quantitative estimate of drug-likeness (QED) is 0.608. The topological polar surface area (TPSA) is 101 Å². The molecule has 3 aromatic rings. The summed E-state index contributed by atoms with van der Waals surface area (Å²) in [4.78, 5) is 8.28. The fourth-order valence-electron chi connectivity index (χ4n) is 2.53. The van der Waals surface area contributed by atoms with Gasteiger partial charge in [-0.3, -0.25) is 0 Å². The van der Waals surface area contributed by atoms with Crippen molar-refractivity contribution in [1.29, 1.82) is 0 Å². The largest absolute Gasteiger partial charge is 0.383 e. The van der Waals surface area contributed by atoms with Crippen LogP contribution in [0.2, 0.25) is 0 Å². The Labute approximate surface area is 158 Å². The molecule has 0 spiro atoms. The number of azo groups is 2. The number of aromatic nitrogens is 2. The Bertz CT molecular complexity index is 904. The molecule has 0 saturated carbocycles. The van der Waals surface area contributed by atoms with Gasteiger partial charge in [0.25, 0.3) is 5.95 Å². The average Bonchev–Trinajstić information content (AvgIpc) is 2.61. The third-order valence-corrected chi connectivity index (χ3v) is 3.73. The minimum Gasteiger partial charge on any atom is -0.383 e. The summed E-state index contributed by atoms with van der Waals surface area (Å²) in [7, 11) is 0. The fourth-order valence-corrected chi connectivity index (χ4v) is 2.53. The molecule has 2 aromatic carbocycles. The molecule has 27 heavy (non-hydrogen) atoms. The monoisotopic (exact) mass is 359 g/mol. The van der Waals surface area contributed by atoms with Crippen LogP contribution in [0, 0.1) is 13.8 Å². The lowest BCUT2D eigenvalue weighted by atomic mass is 10.1. The predicted molar refractivity (Wildman–Crippen MR) is 105 cm³/mol. The van der Waals surface area contributed by atoms with Crippen LogP contribution in [0.4, 0.5) is 17.6 Å². The zero-order valence-corrected chi connectivity index (χ0v) is 15.4. The molecule has 0 amide bonds. The van der Waals surface area contributed by atoms with Gasteiger partial charge in [0.2, 0.25) is 0 Å². The maximum atomic E-state index is 5.81. The smallest absolute Gasteiger partial charge is 0.272 e. The summed E-state index contributed by atoms with van der Waals surface area (Å²) in [5, 5.41) is 16.5. The molecule has 0 aliphatic heterocycles. The van der Waals surface area contributed by atoms with Gasteiger partial charge in [0.15, 0.2) is 5.82 Å². The molecular weight excluding hydrogens is 338 g/mol. The summed E-state index contributed by atoms with van der Waals surface area (Å²) in [5.41, 5.74) is 10.3. The second-order valence-electron chi connectivity index (χ2n) is 6.23. The van der Waals surface area contributed by atoms with Crippen LogP contribution in [-0.2, 0) is 13.1 Å². The first-order chi connectivity index (χ1) is 13.1.